The van der Waals surface area contributed by atoms with Gasteiger partial charge in [0.25, 0.3) is 6.43 Å². The molecule has 1 aromatic rings. The Morgan fingerprint density at radius 1 is 1.25 bits per heavy atom. The fourth-order valence-electron chi connectivity index (χ4n) is 2.43. The molecule has 1 fully saturated rings. The largest absolute Gasteiger partial charge is 0.488 e. The average Bonchev–Trinajstić information content (AvgIpc) is 2.52. The summed E-state index contributed by atoms with van der Waals surface area (Å²) in [4.78, 5) is 0.0967. The van der Waals surface area contributed by atoms with Gasteiger partial charge in [0.2, 0.25) is 10.0 Å². The number of piperidine rings is 1. The average molecular weight is 385 g/mol. The van der Waals surface area contributed by atoms with Crippen LogP contribution >= 0.6 is 12.4 Å². The monoisotopic (exact) mass is 384 g/mol. The molecule has 1 aliphatic rings. The normalized spacial score (nSPS) is 17.3. The molecule has 0 amide bonds. The summed E-state index contributed by atoms with van der Waals surface area (Å²) in [5.41, 5.74) is -0.0569. The Kier molecular flexibility index (Phi) is 7.85. The van der Waals surface area contributed by atoms with Crippen LogP contribution in [0.3, 0.4) is 0 Å². The molecule has 0 saturated carbocycles. The number of hydrogen-bond donors (Lipinski definition) is 2. The highest BCUT2D eigenvalue weighted by Crippen LogP contribution is 2.27. The minimum Gasteiger partial charge on any atom is -0.488 e. The highest BCUT2D eigenvalue weighted by molar-refractivity contribution is 7.89. The molecular formula is C15H23ClF2N2O3S. The van der Waals surface area contributed by atoms with Crippen LogP contribution in [-0.4, -0.2) is 41.1 Å². The van der Waals surface area contributed by atoms with Gasteiger partial charge in [0.05, 0.1) is 4.90 Å². The summed E-state index contributed by atoms with van der Waals surface area (Å²) in [7, 11) is -3.62. The van der Waals surface area contributed by atoms with Crippen molar-refractivity contribution in [3.8, 4) is 5.75 Å². The highest BCUT2D eigenvalue weighted by atomic mass is 35.5. The van der Waals surface area contributed by atoms with E-state index in [0.717, 1.165) is 25.9 Å². The number of sulfonamides is 1. The van der Waals surface area contributed by atoms with Gasteiger partial charge in [0, 0.05) is 6.54 Å². The molecule has 1 aromatic carbocycles. The molecule has 0 aliphatic carbocycles. The highest BCUT2D eigenvalue weighted by Gasteiger charge is 2.28. The Hall–Kier alpha value is -0.960. The Morgan fingerprint density at radius 3 is 2.38 bits per heavy atom. The van der Waals surface area contributed by atoms with E-state index in [-0.39, 0.29) is 28.5 Å². The fraction of sp³-hybridized carbons (Fsp3) is 0.600. The Bertz CT molecular complexity index is 606. The van der Waals surface area contributed by atoms with E-state index in [1.807, 2.05) is 0 Å². The van der Waals surface area contributed by atoms with Crippen molar-refractivity contribution < 1.29 is 21.9 Å². The van der Waals surface area contributed by atoms with E-state index >= 15 is 0 Å². The fourth-order valence-corrected chi connectivity index (χ4v) is 3.63. The van der Waals surface area contributed by atoms with Gasteiger partial charge in [-0.1, -0.05) is 6.92 Å². The quantitative estimate of drug-likeness (QED) is 0.757. The van der Waals surface area contributed by atoms with Crippen molar-refractivity contribution in [1.82, 2.24) is 10.0 Å². The van der Waals surface area contributed by atoms with Gasteiger partial charge >= 0.3 is 0 Å². The van der Waals surface area contributed by atoms with Crippen LogP contribution in [0.5, 0.6) is 5.75 Å². The van der Waals surface area contributed by atoms with E-state index in [4.69, 9.17) is 4.74 Å². The van der Waals surface area contributed by atoms with Crippen LogP contribution in [0.1, 0.15) is 19.8 Å². The molecule has 0 bridgehead atoms. The maximum atomic E-state index is 12.3. The number of hydrogen-bond acceptors (Lipinski definition) is 4. The van der Waals surface area contributed by atoms with Gasteiger partial charge < -0.3 is 10.1 Å². The lowest BCUT2D eigenvalue weighted by Gasteiger charge is -2.34. The summed E-state index contributed by atoms with van der Waals surface area (Å²) in [5, 5.41) is 3.25. The number of alkyl halides is 2. The molecule has 2 N–H and O–H groups in total. The van der Waals surface area contributed by atoms with E-state index in [2.05, 4.69) is 17.0 Å². The van der Waals surface area contributed by atoms with Crippen molar-refractivity contribution in [2.24, 2.45) is 5.41 Å². The van der Waals surface area contributed by atoms with Crippen molar-refractivity contribution >= 4 is 22.4 Å². The minimum atomic E-state index is -3.62. The zero-order valence-electron chi connectivity index (χ0n) is 13.4. The maximum Gasteiger partial charge on any atom is 0.272 e. The minimum absolute atomic E-state index is 0. The standard InChI is InChI=1S/C15H22F2N2O3S.ClH/c1-15(6-8-18-9-7-15)11-19-23(20,21)13-4-2-12(3-5-13)22-10-14(16)17;/h2-5,14,18-19H,6-11H2,1H3;1H. The van der Waals surface area contributed by atoms with Crippen molar-refractivity contribution in [3.63, 3.8) is 0 Å². The molecule has 0 aromatic heterocycles. The van der Waals surface area contributed by atoms with Crippen molar-refractivity contribution in [3.05, 3.63) is 24.3 Å². The number of halogens is 3. The molecule has 0 atom stereocenters. The second-order valence-electron chi connectivity index (χ2n) is 6.06. The first-order valence-electron chi connectivity index (χ1n) is 7.52. The Labute approximate surface area is 147 Å². The third-order valence-corrected chi connectivity index (χ3v) is 5.43. The molecule has 138 valence electrons. The van der Waals surface area contributed by atoms with Crippen LogP contribution < -0.4 is 14.8 Å². The number of benzene rings is 1. The summed E-state index contributed by atoms with van der Waals surface area (Å²) in [6, 6.07) is 5.47. The Morgan fingerprint density at radius 2 is 1.83 bits per heavy atom. The van der Waals surface area contributed by atoms with Crippen LogP contribution in [0.2, 0.25) is 0 Å². The molecular weight excluding hydrogens is 362 g/mol. The molecule has 1 aliphatic heterocycles. The van der Waals surface area contributed by atoms with Crippen LogP contribution in [0, 0.1) is 5.41 Å². The lowest BCUT2D eigenvalue weighted by Crippen LogP contribution is -2.42. The van der Waals surface area contributed by atoms with Gasteiger partial charge in [0.15, 0.2) is 0 Å². The van der Waals surface area contributed by atoms with E-state index in [1.165, 1.54) is 24.3 Å². The molecule has 24 heavy (non-hydrogen) atoms. The molecule has 0 radical (unpaired) electrons. The van der Waals surface area contributed by atoms with E-state index in [1.54, 1.807) is 0 Å². The lowest BCUT2D eigenvalue weighted by molar-refractivity contribution is 0.0819. The second kappa shape index (κ2) is 8.94. The van der Waals surface area contributed by atoms with Gasteiger partial charge in [-0.15, -0.1) is 12.4 Å². The van der Waals surface area contributed by atoms with Gasteiger partial charge in [-0.05, 0) is 55.6 Å². The molecule has 1 heterocycles. The summed E-state index contributed by atoms with van der Waals surface area (Å²) in [6.45, 7) is 3.50. The zero-order valence-corrected chi connectivity index (χ0v) is 15.1. The summed E-state index contributed by atoms with van der Waals surface area (Å²) >= 11 is 0. The number of rotatable bonds is 7. The molecule has 9 heteroatoms. The third kappa shape index (κ3) is 6.16. The van der Waals surface area contributed by atoms with Gasteiger partial charge in [-0.3, -0.25) is 0 Å². The second-order valence-corrected chi connectivity index (χ2v) is 7.83. The van der Waals surface area contributed by atoms with Gasteiger partial charge in [-0.25, -0.2) is 21.9 Å². The SMILES string of the molecule is CC1(CNS(=O)(=O)c2ccc(OCC(F)F)cc2)CCNCC1.Cl. The zero-order chi connectivity index (χ0) is 16.9. The molecule has 0 spiro atoms. The van der Waals surface area contributed by atoms with Crippen LogP contribution in [-0.2, 0) is 10.0 Å². The first kappa shape index (κ1) is 21.1. The predicted octanol–water partition coefficient (Wildman–Crippen LogP) is 2.42. The van der Waals surface area contributed by atoms with Crippen molar-refractivity contribution in [2.75, 3.05) is 26.2 Å². The number of nitrogens with one attached hydrogen (secondary N) is 2. The number of ether oxygens (including phenoxy) is 1. The van der Waals surface area contributed by atoms with Crippen LogP contribution in [0.25, 0.3) is 0 Å². The smallest absolute Gasteiger partial charge is 0.272 e. The molecule has 1 saturated heterocycles. The third-order valence-electron chi connectivity index (χ3n) is 4.01. The summed E-state index contributed by atoms with van der Waals surface area (Å²) in [6.07, 6.45) is -0.739. The van der Waals surface area contributed by atoms with Crippen molar-refractivity contribution in [1.29, 1.82) is 0 Å². The van der Waals surface area contributed by atoms with Gasteiger partial charge in [-0.2, -0.15) is 0 Å². The van der Waals surface area contributed by atoms with Crippen LogP contribution in [0.15, 0.2) is 29.2 Å². The predicted molar refractivity (Wildman–Crippen MR) is 90.6 cm³/mol. The first-order chi connectivity index (χ1) is 10.8. The van der Waals surface area contributed by atoms with E-state index < -0.39 is 23.1 Å². The van der Waals surface area contributed by atoms with Crippen LogP contribution in [0.4, 0.5) is 8.78 Å². The van der Waals surface area contributed by atoms with E-state index in [0.29, 0.717) is 6.54 Å². The first-order valence-corrected chi connectivity index (χ1v) is 9.00. The topological polar surface area (TPSA) is 67.4 Å². The molecule has 5 nitrogen and oxygen atoms in total. The van der Waals surface area contributed by atoms with Gasteiger partial charge in [0.1, 0.15) is 12.4 Å². The lowest BCUT2D eigenvalue weighted by atomic mass is 9.81. The molecule has 2 rings (SSSR count). The van der Waals surface area contributed by atoms with Crippen molar-refractivity contribution in [2.45, 2.75) is 31.1 Å². The molecule has 0 unspecified atom stereocenters. The summed E-state index contributed by atoms with van der Waals surface area (Å²) in [5.74, 6) is 0.217. The van der Waals surface area contributed by atoms with E-state index in [9.17, 15) is 17.2 Å². The Balaban J connectivity index is 0.00000288. The maximum absolute atomic E-state index is 12.3. The summed E-state index contributed by atoms with van der Waals surface area (Å²) < 4.78 is 56.2.